The van der Waals surface area contributed by atoms with E-state index in [0.717, 1.165) is 16.9 Å². The molecule has 2 aromatic heterocycles. The van der Waals surface area contributed by atoms with E-state index in [-0.39, 0.29) is 0 Å². The van der Waals surface area contributed by atoms with E-state index in [1.807, 2.05) is 22.8 Å². The molecule has 0 fully saturated rings. The zero-order chi connectivity index (χ0) is 16.9. The zero-order valence-electron chi connectivity index (χ0n) is 13.2. The molecule has 3 rings (SSSR count). The monoisotopic (exact) mass is 325 g/mol. The predicted molar refractivity (Wildman–Crippen MR) is 89.4 cm³/mol. The van der Waals surface area contributed by atoms with Crippen LogP contribution in [0.2, 0.25) is 0 Å². The van der Waals surface area contributed by atoms with Crippen molar-refractivity contribution in [2.24, 2.45) is 5.73 Å². The van der Waals surface area contributed by atoms with Crippen molar-refractivity contribution >= 4 is 17.1 Å². The van der Waals surface area contributed by atoms with Crippen LogP contribution < -0.4 is 5.73 Å². The first kappa shape index (κ1) is 16.1. The molecule has 3 N–H and O–H groups in total. The number of aliphatic carboxylic acids is 1. The number of benzene rings is 1. The number of aromatic nitrogens is 4. The molecule has 0 aliphatic rings. The molecular weight excluding hydrogens is 306 g/mol. The lowest BCUT2D eigenvalue weighted by Gasteiger charge is -2.06. The van der Waals surface area contributed by atoms with Gasteiger partial charge in [-0.1, -0.05) is 30.3 Å². The fourth-order valence-corrected chi connectivity index (χ4v) is 2.62. The van der Waals surface area contributed by atoms with Crippen LogP contribution in [0.5, 0.6) is 0 Å². The molecule has 124 valence electrons. The molecule has 0 spiro atoms. The Morgan fingerprint density at radius 2 is 2.00 bits per heavy atom. The Kier molecular flexibility index (Phi) is 4.81. The lowest BCUT2D eigenvalue weighted by molar-refractivity contribution is -0.138. The Bertz CT molecular complexity index is 831. The van der Waals surface area contributed by atoms with Crippen molar-refractivity contribution in [2.45, 2.75) is 31.8 Å². The maximum atomic E-state index is 10.8. The van der Waals surface area contributed by atoms with Crippen molar-refractivity contribution in [2.75, 3.05) is 0 Å². The second-order valence-electron chi connectivity index (χ2n) is 5.69. The second kappa shape index (κ2) is 7.18. The van der Waals surface area contributed by atoms with Gasteiger partial charge in [0.15, 0.2) is 5.65 Å². The van der Waals surface area contributed by atoms with Crippen molar-refractivity contribution in [3.8, 4) is 0 Å². The molecule has 0 saturated carbocycles. The third kappa shape index (κ3) is 3.57. The van der Waals surface area contributed by atoms with E-state index in [0.29, 0.717) is 25.8 Å². The Balaban J connectivity index is 1.75. The Morgan fingerprint density at radius 1 is 1.21 bits per heavy atom. The van der Waals surface area contributed by atoms with E-state index < -0.39 is 12.0 Å². The standard InChI is InChI=1S/C17H19N5O2/c18-13(17(23)24)7-4-8-14-15-16(20-10-19-14)22(11-21-15)9-12-5-2-1-3-6-12/h1-3,5-6,10-11,13H,4,7-9,18H2,(H,23,24)/t13-/m1/s1. The highest BCUT2D eigenvalue weighted by Crippen LogP contribution is 2.16. The van der Waals surface area contributed by atoms with Gasteiger partial charge in [0, 0.05) is 0 Å². The predicted octanol–water partition coefficient (Wildman–Crippen LogP) is 1.61. The normalized spacial score (nSPS) is 12.4. The first-order valence-electron chi connectivity index (χ1n) is 7.82. The van der Waals surface area contributed by atoms with Crippen molar-refractivity contribution < 1.29 is 9.90 Å². The summed E-state index contributed by atoms with van der Waals surface area (Å²) in [6.45, 7) is 0.692. The Labute approximate surface area is 139 Å². The van der Waals surface area contributed by atoms with E-state index in [1.165, 1.54) is 11.9 Å². The zero-order valence-corrected chi connectivity index (χ0v) is 13.2. The van der Waals surface area contributed by atoms with E-state index in [4.69, 9.17) is 10.8 Å². The number of nitrogens with two attached hydrogens (primary N) is 1. The molecular formula is C17H19N5O2. The summed E-state index contributed by atoms with van der Waals surface area (Å²) in [5, 5.41) is 8.83. The average Bonchev–Trinajstić information content (AvgIpc) is 2.99. The summed E-state index contributed by atoms with van der Waals surface area (Å²) in [5.41, 5.74) is 9.07. The minimum Gasteiger partial charge on any atom is -0.480 e. The van der Waals surface area contributed by atoms with Gasteiger partial charge >= 0.3 is 5.97 Å². The van der Waals surface area contributed by atoms with Crippen LogP contribution in [-0.2, 0) is 17.8 Å². The highest BCUT2D eigenvalue weighted by molar-refractivity contribution is 5.73. The quantitative estimate of drug-likeness (QED) is 0.683. The number of imidazole rings is 1. The van der Waals surface area contributed by atoms with Gasteiger partial charge in [-0.15, -0.1) is 0 Å². The number of rotatable bonds is 7. The van der Waals surface area contributed by atoms with Gasteiger partial charge in [-0.05, 0) is 24.8 Å². The number of hydrogen-bond acceptors (Lipinski definition) is 5. The van der Waals surface area contributed by atoms with Crippen molar-refractivity contribution in [1.29, 1.82) is 0 Å². The molecule has 0 amide bonds. The van der Waals surface area contributed by atoms with Crippen LogP contribution in [0.25, 0.3) is 11.2 Å². The SMILES string of the molecule is N[C@H](CCCc1ncnc2c1ncn2Cc1ccccc1)C(=O)O. The van der Waals surface area contributed by atoms with Gasteiger partial charge in [0.2, 0.25) is 0 Å². The molecule has 1 aromatic carbocycles. The van der Waals surface area contributed by atoms with E-state index in [9.17, 15) is 4.79 Å². The van der Waals surface area contributed by atoms with E-state index in [1.54, 1.807) is 6.33 Å². The number of carboxylic acid groups (broad SMARTS) is 1. The summed E-state index contributed by atoms with van der Waals surface area (Å²) in [6, 6.07) is 9.26. The molecule has 1 atom stereocenters. The molecule has 7 heteroatoms. The maximum Gasteiger partial charge on any atom is 0.320 e. The van der Waals surface area contributed by atoms with Crippen LogP contribution in [0.4, 0.5) is 0 Å². The number of fused-ring (bicyclic) bond motifs is 1. The van der Waals surface area contributed by atoms with Gasteiger partial charge in [-0.25, -0.2) is 15.0 Å². The lowest BCUT2D eigenvalue weighted by atomic mass is 10.1. The van der Waals surface area contributed by atoms with Crippen molar-refractivity contribution in [1.82, 2.24) is 19.5 Å². The molecule has 0 aliphatic carbocycles. The van der Waals surface area contributed by atoms with Gasteiger partial charge < -0.3 is 15.4 Å². The van der Waals surface area contributed by atoms with E-state index >= 15 is 0 Å². The summed E-state index contributed by atoms with van der Waals surface area (Å²) >= 11 is 0. The van der Waals surface area contributed by atoms with Crippen LogP contribution in [-0.4, -0.2) is 36.6 Å². The Hall–Kier alpha value is -2.80. The van der Waals surface area contributed by atoms with Gasteiger partial charge in [0.25, 0.3) is 0 Å². The summed E-state index contributed by atoms with van der Waals surface area (Å²) in [6.07, 6.45) is 4.97. The van der Waals surface area contributed by atoms with Crippen molar-refractivity contribution in [3.05, 3.63) is 54.2 Å². The van der Waals surface area contributed by atoms with Gasteiger partial charge in [-0.3, -0.25) is 4.79 Å². The molecule has 3 aromatic rings. The second-order valence-corrected chi connectivity index (χ2v) is 5.69. The average molecular weight is 325 g/mol. The highest BCUT2D eigenvalue weighted by atomic mass is 16.4. The number of carbonyl (C=O) groups is 1. The lowest BCUT2D eigenvalue weighted by Crippen LogP contribution is -2.29. The minimum absolute atomic E-state index is 0.408. The van der Waals surface area contributed by atoms with Gasteiger partial charge in [0.05, 0.1) is 18.6 Å². The smallest absolute Gasteiger partial charge is 0.320 e. The summed E-state index contributed by atoms with van der Waals surface area (Å²) in [5.74, 6) is -0.977. The molecule has 0 bridgehead atoms. The first-order chi connectivity index (χ1) is 11.6. The summed E-state index contributed by atoms with van der Waals surface area (Å²) < 4.78 is 1.98. The fourth-order valence-electron chi connectivity index (χ4n) is 2.62. The Morgan fingerprint density at radius 3 is 2.75 bits per heavy atom. The molecule has 2 heterocycles. The van der Waals surface area contributed by atoms with Crippen LogP contribution in [0.1, 0.15) is 24.1 Å². The topological polar surface area (TPSA) is 107 Å². The number of aryl methyl sites for hydroxylation is 1. The van der Waals surface area contributed by atoms with Crippen molar-refractivity contribution in [3.63, 3.8) is 0 Å². The summed E-state index contributed by atoms with van der Waals surface area (Å²) in [7, 11) is 0. The minimum atomic E-state index is -0.977. The fraction of sp³-hybridized carbons (Fsp3) is 0.294. The number of carboxylic acids is 1. The van der Waals surface area contributed by atoms with Crippen LogP contribution in [0.15, 0.2) is 43.0 Å². The van der Waals surface area contributed by atoms with Crippen LogP contribution in [0.3, 0.4) is 0 Å². The summed E-state index contributed by atoms with van der Waals surface area (Å²) in [4.78, 5) is 23.8. The highest BCUT2D eigenvalue weighted by Gasteiger charge is 2.13. The van der Waals surface area contributed by atoms with Crippen LogP contribution >= 0.6 is 0 Å². The molecule has 0 radical (unpaired) electrons. The third-order valence-electron chi connectivity index (χ3n) is 3.92. The molecule has 0 aliphatic heterocycles. The molecule has 24 heavy (non-hydrogen) atoms. The number of hydrogen-bond donors (Lipinski definition) is 2. The van der Waals surface area contributed by atoms with E-state index in [2.05, 4.69) is 27.1 Å². The van der Waals surface area contributed by atoms with Gasteiger partial charge in [-0.2, -0.15) is 0 Å². The maximum absolute atomic E-state index is 10.8. The number of nitrogens with zero attached hydrogens (tertiary/aromatic N) is 4. The molecule has 0 saturated heterocycles. The third-order valence-corrected chi connectivity index (χ3v) is 3.92. The van der Waals surface area contributed by atoms with Crippen LogP contribution in [0, 0.1) is 0 Å². The van der Waals surface area contributed by atoms with Gasteiger partial charge in [0.1, 0.15) is 17.9 Å². The molecule has 0 unspecified atom stereocenters. The molecule has 7 nitrogen and oxygen atoms in total. The largest absolute Gasteiger partial charge is 0.480 e. The first-order valence-corrected chi connectivity index (χ1v) is 7.82.